The van der Waals surface area contributed by atoms with Gasteiger partial charge in [0.2, 0.25) is 5.91 Å². The number of hydrazine groups is 1. The summed E-state index contributed by atoms with van der Waals surface area (Å²) >= 11 is 12.4. The molecule has 0 aliphatic carbocycles. The maximum Gasteiger partial charge on any atom is 0.248 e. The Morgan fingerprint density at radius 1 is 1.17 bits per heavy atom. The summed E-state index contributed by atoms with van der Waals surface area (Å²) in [5, 5.41) is 4.05. The molecule has 126 valence electrons. The van der Waals surface area contributed by atoms with Crippen molar-refractivity contribution in [3.8, 4) is 0 Å². The summed E-state index contributed by atoms with van der Waals surface area (Å²) in [6, 6.07) is 15.3. The fourth-order valence-corrected chi connectivity index (χ4v) is 2.87. The van der Waals surface area contributed by atoms with Gasteiger partial charge in [0.1, 0.15) is 0 Å². The van der Waals surface area contributed by atoms with E-state index in [1.807, 2.05) is 30.3 Å². The molecule has 0 aliphatic rings. The maximum absolute atomic E-state index is 11.8. The molecular weight excluding hydrogens is 362 g/mol. The minimum absolute atomic E-state index is 0.165. The Bertz CT molecular complexity index is 707. The Labute approximate surface area is 156 Å². The molecule has 0 spiro atoms. The van der Waals surface area contributed by atoms with Crippen LogP contribution in [0.3, 0.4) is 0 Å². The van der Waals surface area contributed by atoms with Crippen molar-refractivity contribution >= 4 is 52.3 Å². The van der Waals surface area contributed by atoms with E-state index in [4.69, 9.17) is 23.8 Å². The van der Waals surface area contributed by atoms with E-state index in [9.17, 15) is 4.79 Å². The summed E-state index contributed by atoms with van der Waals surface area (Å²) in [5.41, 5.74) is 7.37. The van der Waals surface area contributed by atoms with Crippen molar-refractivity contribution in [2.75, 3.05) is 11.1 Å². The number of anilines is 1. The van der Waals surface area contributed by atoms with E-state index < -0.39 is 0 Å². The Hall–Kier alpha value is -1.76. The molecule has 0 heterocycles. The fraction of sp³-hybridized carbons (Fsp3) is 0.176. The number of aryl methyl sites for hydroxylation is 1. The van der Waals surface area contributed by atoms with Crippen molar-refractivity contribution in [1.29, 1.82) is 0 Å². The Morgan fingerprint density at radius 3 is 2.62 bits per heavy atom. The van der Waals surface area contributed by atoms with Gasteiger partial charge in [-0.25, -0.2) is 0 Å². The number of hydrogen-bond donors (Lipinski definition) is 3. The average Bonchev–Trinajstić information content (AvgIpc) is 2.59. The van der Waals surface area contributed by atoms with E-state index in [2.05, 4.69) is 29.2 Å². The second kappa shape index (κ2) is 9.52. The smallest absolute Gasteiger partial charge is 0.248 e. The topological polar surface area (TPSA) is 53.2 Å². The molecule has 0 saturated heterocycles. The van der Waals surface area contributed by atoms with Crippen LogP contribution in [0.4, 0.5) is 5.69 Å². The van der Waals surface area contributed by atoms with Gasteiger partial charge in [0.25, 0.3) is 0 Å². The second-order valence-corrected chi connectivity index (χ2v) is 6.82. The zero-order valence-corrected chi connectivity index (χ0v) is 15.5. The number of benzene rings is 2. The lowest BCUT2D eigenvalue weighted by Crippen LogP contribution is -2.44. The van der Waals surface area contributed by atoms with Crippen molar-refractivity contribution in [1.82, 2.24) is 10.9 Å². The summed E-state index contributed by atoms with van der Waals surface area (Å²) in [7, 11) is 0. The van der Waals surface area contributed by atoms with Crippen LogP contribution in [-0.2, 0) is 11.2 Å². The first-order valence-electron chi connectivity index (χ1n) is 7.40. The van der Waals surface area contributed by atoms with Crippen LogP contribution in [0.1, 0.15) is 12.5 Å². The van der Waals surface area contributed by atoms with E-state index in [-0.39, 0.29) is 11.7 Å². The van der Waals surface area contributed by atoms with Crippen LogP contribution in [0.15, 0.2) is 53.4 Å². The van der Waals surface area contributed by atoms with Gasteiger partial charge < -0.3 is 5.32 Å². The quantitative estimate of drug-likeness (QED) is 0.416. The first kappa shape index (κ1) is 18.6. The number of carbonyl (C=O) groups is 1. The molecule has 24 heavy (non-hydrogen) atoms. The molecule has 2 rings (SSSR count). The van der Waals surface area contributed by atoms with E-state index in [0.29, 0.717) is 10.1 Å². The van der Waals surface area contributed by atoms with Gasteiger partial charge in [-0.05, 0) is 60.6 Å². The lowest BCUT2D eigenvalue weighted by Gasteiger charge is -2.12. The third-order valence-corrected chi connectivity index (χ3v) is 4.56. The van der Waals surface area contributed by atoms with Gasteiger partial charge >= 0.3 is 0 Å². The SMILES string of the molecule is CCc1cccc(NC(=S)NNC(=O)CSc2ccc(Cl)cc2)c1. The minimum Gasteiger partial charge on any atom is -0.331 e. The average molecular weight is 380 g/mol. The van der Waals surface area contributed by atoms with Crippen molar-refractivity contribution in [2.24, 2.45) is 0 Å². The molecule has 7 heteroatoms. The third kappa shape index (κ3) is 6.39. The van der Waals surface area contributed by atoms with Crippen molar-refractivity contribution in [3.63, 3.8) is 0 Å². The monoisotopic (exact) mass is 379 g/mol. The first-order chi connectivity index (χ1) is 11.6. The van der Waals surface area contributed by atoms with Crippen LogP contribution >= 0.6 is 35.6 Å². The Morgan fingerprint density at radius 2 is 1.92 bits per heavy atom. The number of thioether (sulfide) groups is 1. The van der Waals surface area contributed by atoms with Gasteiger partial charge in [-0.3, -0.25) is 15.6 Å². The van der Waals surface area contributed by atoms with Gasteiger partial charge in [-0.15, -0.1) is 11.8 Å². The van der Waals surface area contributed by atoms with Crippen molar-refractivity contribution in [3.05, 3.63) is 59.1 Å². The first-order valence-corrected chi connectivity index (χ1v) is 9.17. The zero-order chi connectivity index (χ0) is 17.4. The zero-order valence-electron chi connectivity index (χ0n) is 13.1. The molecule has 2 aromatic carbocycles. The maximum atomic E-state index is 11.8. The number of carbonyl (C=O) groups excluding carboxylic acids is 1. The number of thiocarbonyl (C=S) groups is 1. The van der Waals surface area contributed by atoms with Crippen molar-refractivity contribution < 1.29 is 4.79 Å². The van der Waals surface area contributed by atoms with E-state index in [0.717, 1.165) is 17.0 Å². The molecule has 0 saturated carbocycles. The molecule has 1 amide bonds. The van der Waals surface area contributed by atoms with Gasteiger partial charge in [-0.1, -0.05) is 30.7 Å². The molecule has 0 unspecified atom stereocenters. The lowest BCUT2D eigenvalue weighted by molar-refractivity contribution is -0.119. The second-order valence-electron chi connectivity index (χ2n) is 4.92. The summed E-state index contributed by atoms with van der Waals surface area (Å²) in [4.78, 5) is 12.8. The highest BCUT2D eigenvalue weighted by atomic mass is 35.5. The van der Waals surface area contributed by atoms with Crippen LogP contribution in [0.2, 0.25) is 5.02 Å². The normalized spacial score (nSPS) is 10.1. The molecule has 0 radical (unpaired) electrons. The van der Waals surface area contributed by atoms with Crippen LogP contribution in [-0.4, -0.2) is 16.8 Å². The summed E-state index contributed by atoms with van der Waals surface area (Å²) in [6.45, 7) is 2.09. The third-order valence-electron chi connectivity index (χ3n) is 3.09. The molecule has 3 N–H and O–H groups in total. The summed E-state index contributed by atoms with van der Waals surface area (Å²) in [6.07, 6.45) is 0.953. The lowest BCUT2D eigenvalue weighted by atomic mass is 10.1. The molecule has 0 fully saturated rings. The Kier molecular flexibility index (Phi) is 7.36. The van der Waals surface area contributed by atoms with Crippen molar-refractivity contribution in [2.45, 2.75) is 18.2 Å². The number of hydrogen-bond acceptors (Lipinski definition) is 3. The highest BCUT2D eigenvalue weighted by Crippen LogP contribution is 2.19. The largest absolute Gasteiger partial charge is 0.331 e. The molecule has 2 aromatic rings. The van der Waals surface area contributed by atoms with Crippen LogP contribution in [0.5, 0.6) is 0 Å². The van der Waals surface area contributed by atoms with Crippen LogP contribution < -0.4 is 16.2 Å². The minimum atomic E-state index is -0.165. The van der Waals surface area contributed by atoms with Gasteiger partial charge in [-0.2, -0.15) is 0 Å². The summed E-state index contributed by atoms with van der Waals surface area (Å²) < 4.78 is 0. The predicted octanol–water partition coefficient (Wildman–Crippen LogP) is 4.01. The fourth-order valence-electron chi connectivity index (χ4n) is 1.87. The highest BCUT2D eigenvalue weighted by Gasteiger charge is 2.04. The predicted molar refractivity (Wildman–Crippen MR) is 105 cm³/mol. The van der Waals surface area contributed by atoms with E-state index in [1.165, 1.54) is 17.3 Å². The number of halogens is 1. The highest BCUT2D eigenvalue weighted by molar-refractivity contribution is 8.00. The molecule has 4 nitrogen and oxygen atoms in total. The molecule has 0 aliphatic heterocycles. The Balaban J connectivity index is 1.72. The number of nitrogens with one attached hydrogen (secondary N) is 3. The standard InChI is InChI=1S/C17H18ClN3OS2/c1-2-12-4-3-5-14(10-12)19-17(23)21-20-16(22)11-24-15-8-6-13(18)7-9-15/h3-10H,2,11H2,1H3,(H,20,22)(H2,19,21,23). The number of rotatable bonds is 5. The molecule has 0 bridgehead atoms. The van der Waals surface area contributed by atoms with E-state index >= 15 is 0 Å². The van der Waals surface area contributed by atoms with Gasteiger partial charge in [0, 0.05) is 15.6 Å². The van der Waals surface area contributed by atoms with Crippen LogP contribution in [0.25, 0.3) is 0 Å². The summed E-state index contributed by atoms with van der Waals surface area (Å²) in [5.74, 6) is 0.115. The van der Waals surface area contributed by atoms with Gasteiger partial charge in [0.05, 0.1) is 5.75 Å². The molecular formula is C17H18ClN3OS2. The molecule has 0 atom stereocenters. The van der Waals surface area contributed by atoms with Crippen LogP contribution in [0, 0.1) is 0 Å². The number of amides is 1. The van der Waals surface area contributed by atoms with E-state index in [1.54, 1.807) is 12.1 Å². The molecule has 0 aromatic heterocycles. The van der Waals surface area contributed by atoms with Gasteiger partial charge in [0.15, 0.2) is 5.11 Å².